The van der Waals surface area contributed by atoms with Gasteiger partial charge in [-0.25, -0.2) is 8.42 Å². The highest BCUT2D eigenvalue weighted by Gasteiger charge is 2.38. The maximum absolute atomic E-state index is 13.2. The standard InChI is InChI=1S/C22H24ClN3O6S/c1-33(28,29)26-13-21(32-18-5-3-16(23)11-17(18)26)22(27)25-8-6-24(7-9-25)12-15-2-4-19-20(10-15)31-14-30-19/h2-5,10-11,21H,6-9,12-14H2,1H3/t21-/m1/s1. The summed E-state index contributed by atoms with van der Waals surface area (Å²) in [6.07, 6.45) is 0.202. The molecule has 0 saturated carbocycles. The molecular formula is C22H24ClN3O6S. The van der Waals surface area contributed by atoms with Crippen LogP contribution < -0.4 is 18.5 Å². The number of benzene rings is 2. The summed E-state index contributed by atoms with van der Waals surface area (Å²) in [5.41, 5.74) is 1.47. The number of carbonyl (C=O) groups excluding carboxylic acids is 1. The monoisotopic (exact) mass is 493 g/mol. The second-order valence-corrected chi connectivity index (χ2v) is 10.6. The number of nitrogens with zero attached hydrogens (tertiary/aromatic N) is 3. The summed E-state index contributed by atoms with van der Waals surface area (Å²) < 4.78 is 42.6. The number of anilines is 1. The van der Waals surface area contributed by atoms with Gasteiger partial charge in [0.2, 0.25) is 16.8 Å². The van der Waals surface area contributed by atoms with Crippen LogP contribution in [0, 0.1) is 0 Å². The van der Waals surface area contributed by atoms with Crippen LogP contribution in [0.4, 0.5) is 5.69 Å². The predicted octanol–water partition coefficient (Wildman–Crippen LogP) is 1.94. The normalized spacial score (nSPS) is 20.4. The van der Waals surface area contributed by atoms with Crippen molar-refractivity contribution in [3.05, 3.63) is 47.0 Å². The van der Waals surface area contributed by atoms with Gasteiger partial charge in [-0.3, -0.25) is 14.0 Å². The molecule has 3 aliphatic rings. The molecule has 2 aromatic rings. The SMILES string of the molecule is CS(=O)(=O)N1C[C@H](C(=O)N2CCN(Cc3ccc4c(c3)OCO4)CC2)Oc2ccc(Cl)cc21. The van der Waals surface area contributed by atoms with Gasteiger partial charge < -0.3 is 19.1 Å². The summed E-state index contributed by atoms with van der Waals surface area (Å²) in [7, 11) is -3.60. The van der Waals surface area contributed by atoms with Crippen LogP contribution in [-0.2, 0) is 21.4 Å². The van der Waals surface area contributed by atoms with Crippen LogP contribution in [0.15, 0.2) is 36.4 Å². The molecule has 1 atom stereocenters. The van der Waals surface area contributed by atoms with E-state index in [-0.39, 0.29) is 19.2 Å². The Kier molecular flexibility index (Phi) is 5.75. The average molecular weight is 494 g/mol. The van der Waals surface area contributed by atoms with Crippen LogP contribution in [0.3, 0.4) is 0 Å². The van der Waals surface area contributed by atoms with Crippen LogP contribution in [0.5, 0.6) is 17.2 Å². The Hall–Kier alpha value is -2.69. The third-order valence-electron chi connectivity index (χ3n) is 5.99. The van der Waals surface area contributed by atoms with Gasteiger partial charge in [-0.15, -0.1) is 0 Å². The Balaban J connectivity index is 1.23. The number of halogens is 1. The first kappa shape index (κ1) is 22.1. The molecule has 5 rings (SSSR count). The van der Waals surface area contributed by atoms with Gasteiger partial charge in [0.1, 0.15) is 5.75 Å². The van der Waals surface area contributed by atoms with E-state index < -0.39 is 16.1 Å². The highest BCUT2D eigenvalue weighted by molar-refractivity contribution is 7.92. The van der Waals surface area contributed by atoms with Crippen molar-refractivity contribution in [2.45, 2.75) is 12.6 Å². The number of hydrogen-bond donors (Lipinski definition) is 0. The lowest BCUT2D eigenvalue weighted by Crippen LogP contribution is -2.56. The Bertz CT molecular complexity index is 1180. The molecule has 0 unspecified atom stereocenters. The summed E-state index contributed by atoms with van der Waals surface area (Å²) in [4.78, 5) is 17.2. The molecule has 176 valence electrons. The van der Waals surface area contributed by atoms with Crippen LogP contribution in [0.1, 0.15) is 5.56 Å². The first-order chi connectivity index (χ1) is 15.8. The van der Waals surface area contributed by atoms with Crippen LogP contribution in [-0.4, -0.2) is 76.0 Å². The Labute approximate surface area is 197 Å². The fourth-order valence-corrected chi connectivity index (χ4v) is 5.37. The molecule has 9 nitrogen and oxygen atoms in total. The van der Waals surface area contributed by atoms with E-state index in [2.05, 4.69) is 4.90 Å². The number of fused-ring (bicyclic) bond motifs is 2. The van der Waals surface area contributed by atoms with Gasteiger partial charge >= 0.3 is 0 Å². The third kappa shape index (κ3) is 4.55. The van der Waals surface area contributed by atoms with Gasteiger partial charge in [-0.1, -0.05) is 17.7 Å². The molecule has 0 spiro atoms. The van der Waals surface area contributed by atoms with Crippen molar-refractivity contribution in [2.75, 3.05) is 50.1 Å². The van der Waals surface area contributed by atoms with Crippen molar-refractivity contribution < 1.29 is 27.4 Å². The van der Waals surface area contributed by atoms with Crippen molar-refractivity contribution in [2.24, 2.45) is 0 Å². The minimum absolute atomic E-state index is 0.0809. The highest BCUT2D eigenvalue weighted by atomic mass is 35.5. The minimum atomic E-state index is -3.60. The van der Waals surface area contributed by atoms with Gasteiger partial charge in [0, 0.05) is 37.7 Å². The van der Waals surface area contributed by atoms with E-state index >= 15 is 0 Å². The number of rotatable bonds is 4. The number of piperazine rings is 1. The lowest BCUT2D eigenvalue weighted by Gasteiger charge is -2.39. The molecule has 3 heterocycles. The summed E-state index contributed by atoms with van der Waals surface area (Å²) >= 11 is 6.04. The molecular weight excluding hydrogens is 470 g/mol. The molecule has 1 amide bonds. The number of sulfonamides is 1. The second kappa shape index (κ2) is 8.58. The summed E-state index contributed by atoms with van der Waals surface area (Å²) in [6.45, 7) is 3.39. The van der Waals surface area contributed by atoms with E-state index in [1.807, 2.05) is 18.2 Å². The lowest BCUT2D eigenvalue weighted by molar-refractivity contribution is -0.140. The second-order valence-electron chi connectivity index (χ2n) is 8.30. The van der Waals surface area contributed by atoms with Crippen LogP contribution >= 0.6 is 11.6 Å². The highest BCUT2D eigenvalue weighted by Crippen LogP contribution is 2.37. The first-order valence-corrected chi connectivity index (χ1v) is 12.8. The van der Waals surface area contributed by atoms with Crippen molar-refractivity contribution in [1.82, 2.24) is 9.80 Å². The zero-order valence-corrected chi connectivity index (χ0v) is 19.6. The molecule has 1 fully saturated rings. The van der Waals surface area contributed by atoms with E-state index in [9.17, 15) is 13.2 Å². The van der Waals surface area contributed by atoms with Gasteiger partial charge in [0.25, 0.3) is 5.91 Å². The molecule has 0 aliphatic carbocycles. The molecule has 0 N–H and O–H groups in total. The van der Waals surface area contributed by atoms with E-state index in [1.165, 1.54) is 10.4 Å². The van der Waals surface area contributed by atoms with Crippen molar-refractivity contribution in [1.29, 1.82) is 0 Å². The van der Waals surface area contributed by atoms with Gasteiger partial charge in [0.05, 0.1) is 18.5 Å². The van der Waals surface area contributed by atoms with Crippen LogP contribution in [0.2, 0.25) is 5.02 Å². The van der Waals surface area contributed by atoms with E-state index in [0.717, 1.165) is 29.9 Å². The largest absolute Gasteiger partial charge is 0.476 e. The number of ether oxygens (including phenoxy) is 3. The zero-order chi connectivity index (χ0) is 23.2. The molecule has 0 aromatic heterocycles. The molecule has 3 aliphatic heterocycles. The Morgan fingerprint density at radius 2 is 1.76 bits per heavy atom. The van der Waals surface area contributed by atoms with Crippen LogP contribution in [0.25, 0.3) is 0 Å². The maximum atomic E-state index is 13.2. The molecule has 0 radical (unpaired) electrons. The van der Waals surface area contributed by atoms with E-state index in [1.54, 1.807) is 17.0 Å². The first-order valence-electron chi connectivity index (χ1n) is 10.6. The molecule has 33 heavy (non-hydrogen) atoms. The fourth-order valence-electron chi connectivity index (χ4n) is 4.29. The molecule has 11 heteroatoms. The van der Waals surface area contributed by atoms with E-state index in [4.69, 9.17) is 25.8 Å². The quantitative estimate of drug-likeness (QED) is 0.643. The number of amides is 1. The minimum Gasteiger partial charge on any atom is -0.476 e. The lowest BCUT2D eigenvalue weighted by atomic mass is 10.1. The number of hydrogen-bond acceptors (Lipinski definition) is 7. The van der Waals surface area contributed by atoms with Gasteiger partial charge in [-0.2, -0.15) is 0 Å². The van der Waals surface area contributed by atoms with E-state index in [0.29, 0.717) is 42.6 Å². The topological polar surface area (TPSA) is 88.6 Å². The zero-order valence-electron chi connectivity index (χ0n) is 18.1. The summed E-state index contributed by atoms with van der Waals surface area (Å²) in [5, 5.41) is 0.398. The molecule has 2 aromatic carbocycles. The summed E-state index contributed by atoms with van der Waals surface area (Å²) in [5.74, 6) is 1.63. The average Bonchev–Trinajstić information content (AvgIpc) is 3.26. The predicted molar refractivity (Wildman–Crippen MR) is 122 cm³/mol. The third-order valence-corrected chi connectivity index (χ3v) is 7.37. The van der Waals surface area contributed by atoms with Crippen molar-refractivity contribution in [3.63, 3.8) is 0 Å². The Morgan fingerprint density at radius 1 is 1.03 bits per heavy atom. The summed E-state index contributed by atoms with van der Waals surface area (Å²) in [6, 6.07) is 10.7. The fraction of sp³-hybridized carbons (Fsp3) is 0.409. The van der Waals surface area contributed by atoms with Gasteiger partial charge in [0.15, 0.2) is 17.6 Å². The molecule has 0 bridgehead atoms. The number of carbonyl (C=O) groups is 1. The van der Waals surface area contributed by atoms with Crippen molar-refractivity contribution in [3.8, 4) is 17.2 Å². The maximum Gasteiger partial charge on any atom is 0.265 e. The molecule has 1 saturated heterocycles. The Morgan fingerprint density at radius 3 is 2.52 bits per heavy atom. The van der Waals surface area contributed by atoms with Gasteiger partial charge in [-0.05, 0) is 35.9 Å². The van der Waals surface area contributed by atoms with Crippen molar-refractivity contribution >= 4 is 33.2 Å². The smallest absolute Gasteiger partial charge is 0.265 e.